The van der Waals surface area contributed by atoms with Gasteiger partial charge in [-0.25, -0.2) is 0 Å². The van der Waals surface area contributed by atoms with Gasteiger partial charge in [-0.15, -0.1) is 10.2 Å². The normalized spacial score (nSPS) is 14.8. The standard InChI is InChI=1S/C14H17ClN4S/c1-9-17-18-14(19(9)2)20-13-5-3-4-12(15)11(13)8-16-10-6-7-10/h3-5,10,16H,6-8H2,1-2H3. The van der Waals surface area contributed by atoms with Crippen LogP contribution in [0.1, 0.15) is 24.2 Å². The van der Waals surface area contributed by atoms with Crippen molar-refractivity contribution in [2.45, 2.75) is 42.4 Å². The van der Waals surface area contributed by atoms with Crippen molar-refractivity contribution >= 4 is 23.4 Å². The van der Waals surface area contributed by atoms with Crippen LogP contribution in [0.15, 0.2) is 28.3 Å². The van der Waals surface area contributed by atoms with Crippen molar-refractivity contribution in [2.24, 2.45) is 7.05 Å². The lowest BCUT2D eigenvalue weighted by Gasteiger charge is -2.11. The molecule has 0 spiro atoms. The fourth-order valence-corrected chi connectivity index (χ4v) is 3.21. The SMILES string of the molecule is Cc1nnc(Sc2cccc(Cl)c2CNC2CC2)n1C. The molecule has 0 amide bonds. The molecule has 0 atom stereocenters. The van der Waals surface area contributed by atoms with Crippen LogP contribution in [-0.2, 0) is 13.6 Å². The minimum atomic E-state index is 0.668. The van der Waals surface area contributed by atoms with Gasteiger partial charge in [-0.05, 0) is 49.2 Å². The Balaban J connectivity index is 1.83. The first-order valence-corrected chi connectivity index (χ1v) is 7.89. The Hall–Kier alpha value is -1.04. The van der Waals surface area contributed by atoms with E-state index in [1.165, 1.54) is 12.8 Å². The third-order valence-corrected chi connectivity index (χ3v) is 4.97. The second-order valence-electron chi connectivity index (χ2n) is 5.06. The zero-order chi connectivity index (χ0) is 14.1. The van der Waals surface area contributed by atoms with E-state index in [2.05, 4.69) is 21.6 Å². The molecule has 6 heteroatoms. The average Bonchev–Trinajstić information content (AvgIpc) is 3.20. The highest BCUT2D eigenvalue weighted by atomic mass is 35.5. The van der Waals surface area contributed by atoms with E-state index in [0.717, 1.165) is 33.0 Å². The first-order valence-electron chi connectivity index (χ1n) is 6.70. The molecular formula is C14H17ClN4S. The van der Waals surface area contributed by atoms with Crippen LogP contribution in [0.3, 0.4) is 0 Å². The van der Waals surface area contributed by atoms with Crippen molar-refractivity contribution in [3.05, 3.63) is 34.6 Å². The predicted octanol–water partition coefficient (Wildman–Crippen LogP) is 3.18. The molecule has 2 aromatic rings. The summed E-state index contributed by atoms with van der Waals surface area (Å²) in [6.45, 7) is 2.76. The molecule has 1 aromatic carbocycles. The first kappa shape index (κ1) is 13.9. The summed E-state index contributed by atoms with van der Waals surface area (Å²) in [5.74, 6) is 0.909. The van der Waals surface area contributed by atoms with E-state index >= 15 is 0 Å². The molecule has 1 N–H and O–H groups in total. The summed E-state index contributed by atoms with van der Waals surface area (Å²) in [6, 6.07) is 6.68. The summed E-state index contributed by atoms with van der Waals surface area (Å²) in [6.07, 6.45) is 2.55. The Morgan fingerprint density at radius 1 is 1.40 bits per heavy atom. The lowest BCUT2D eigenvalue weighted by atomic mass is 10.2. The van der Waals surface area contributed by atoms with Crippen LogP contribution >= 0.6 is 23.4 Å². The van der Waals surface area contributed by atoms with Gasteiger partial charge < -0.3 is 9.88 Å². The maximum Gasteiger partial charge on any atom is 0.195 e. The van der Waals surface area contributed by atoms with E-state index in [9.17, 15) is 0 Å². The van der Waals surface area contributed by atoms with Crippen LogP contribution in [0.4, 0.5) is 0 Å². The van der Waals surface area contributed by atoms with Gasteiger partial charge in [-0.1, -0.05) is 17.7 Å². The zero-order valence-electron chi connectivity index (χ0n) is 11.6. The van der Waals surface area contributed by atoms with E-state index in [0.29, 0.717) is 6.04 Å². The number of nitrogens with one attached hydrogen (secondary N) is 1. The van der Waals surface area contributed by atoms with E-state index in [1.54, 1.807) is 11.8 Å². The second kappa shape index (κ2) is 5.76. The first-order chi connectivity index (χ1) is 9.65. The van der Waals surface area contributed by atoms with Gasteiger partial charge in [-0.2, -0.15) is 0 Å². The molecule has 0 unspecified atom stereocenters. The molecule has 0 aliphatic heterocycles. The summed E-state index contributed by atoms with van der Waals surface area (Å²) in [4.78, 5) is 1.14. The van der Waals surface area contributed by atoms with E-state index in [-0.39, 0.29) is 0 Å². The number of hydrogen-bond donors (Lipinski definition) is 1. The zero-order valence-corrected chi connectivity index (χ0v) is 13.1. The molecule has 1 aliphatic carbocycles. The Labute approximate surface area is 127 Å². The quantitative estimate of drug-likeness (QED) is 0.921. The van der Waals surface area contributed by atoms with E-state index < -0.39 is 0 Å². The largest absolute Gasteiger partial charge is 0.310 e. The highest BCUT2D eigenvalue weighted by molar-refractivity contribution is 7.99. The van der Waals surface area contributed by atoms with Gasteiger partial charge in [-0.3, -0.25) is 0 Å². The Kier molecular flexibility index (Phi) is 4.01. The number of rotatable bonds is 5. The van der Waals surface area contributed by atoms with Crippen molar-refractivity contribution in [3.63, 3.8) is 0 Å². The van der Waals surface area contributed by atoms with Gasteiger partial charge in [0.15, 0.2) is 5.16 Å². The van der Waals surface area contributed by atoms with Crippen LogP contribution in [0.25, 0.3) is 0 Å². The molecule has 1 aliphatic rings. The average molecular weight is 309 g/mol. The van der Waals surface area contributed by atoms with Crippen LogP contribution in [0.2, 0.25) is 5.02 Å². The number of halogens is 1. The minimum Gasteiger partial charge on any atom is -0.310 e. The monoisotopic (exact) mass is 308 g/mol. The molecule has 20 heavy (non-hydrogen) atoms. The van der Waals surface area contributed by atoms with Crippen molar-refractivity contribution < 1.29 is 0 Å². The van der Waals surface area contributed by atoms with E-state index in [4.69, 9.17) is 11.6 Å². The molecular weight excluding hydrogens is 292 g/mol. The number of nitrogens with zero attached hydrogens (tertiary/aromatic N) is 3. The van der Waals surface area contributed by atoms with Crippen molar-refractivity contribution in [3.8, 4) is 0 Å². The Morgan fingerprint density at radius 2 is 2.20 bits per heavy atom. The van der Waals surface area contributed by atoms with Gasteiger partial charge in [0.25, 0.3) is 0 Å². The molecule has 1 saturated carbocycles. The fourth-order valence-electron chi connectivity index (χ4n) is 1.91. The van der Waals surface area contributed by atoms with Crippen molar-refractivity contribution in [2.75, 3.05) is 0 Å². The predicted molar refractivity (Wildman–Crippen MR) is 81.2 cm³/mol. The summed E-state index contributed by atoms with van der Waals surface area (Å²) in [5, 5.41) is 13.5. The number of hydrogen-bond acceptors (Lipinski definition) is 4. The Bertz CT molecular complexity index is 622. The lowest BCUT2D eigenvalue weighted by Crippen LogP contribution is -2.16. The van der Waals surface area contributed by atoms with Crippen molar-refractivity contribution in [1.82, 2.24) is 20.1 Å². The maximum atomic E-state index is 6.35. The van der Waals surface area contributed by atoms with Gasteiger partial charge in [0.1, 0.15) is 5.82 Å². The highest BCUT2D eigenvalue weighted by Crippen LogP contribution is 2.33. The number of benzene rings is 1. The number of aromatic nitrogens is 3. The topological polar surface area (TPSA) is 42.7 Å². The fraction of sp³-hybridized carbons (Fsp3) is 0.429. The van der Waals surface area contributed by atoms with Crippen LogP contribution in [0.5, 0.6) is 0 Å². The van der Waals surface area contributed by atoms with Crippen LogP contribution < -0.4 is 5.32 Å². The van der Waals surface area contributed by atoms with Crippen molar-refractivity contribution in [1.29, 1.82) is 0 Å². The summed E-state index contributed by atoms with van der Waals surface area (Å²) < 4.78 is 1.99. The summed E-state index contributed by atoms with van der Waals surface area (Å²) in [7, 11) is 1.98. The van der Waals surface area contributed by atoms with Crippen LogP contribution in [0, 0.1) is 6.92 Å². The summed E-state index contributed by atoms with van der Waals surface area (Å²) >= 11 is 7.96. The molecule has 0 saturated heterocycles. The molecule has 1 aromatic heterocycles. The third-order valence-electron chi connectivity index (χ3n) is 3.47. The van der Waals surface area contributed by atoms with Gasteiger partial charge in [0, 0.05) is 29.6 Å². The lowest BCUT2D eigenvalue weighted by molar-refractivity contribution is 0.680. The van der Waals surface area contributed by atoms with Gasteiger partial charge in [0.2, 0.25) is 0 Å². The maximum absolute atomic E-state index is 6.35. The van der Waals surface area contributed by atoms with Gasteiger partial charge >= 0.3 is 0 Å². The second-order valence-corrected chi connectivity index (χ2v) is 6.48. The molecule has 4 nitrogen and oxygen atoms in total. The minimum absolute atomic E-state index is 0.668. The third kappa shape index (κ3) is 3.00. The molecule has 0 radical (unpaired) electrons. The highest BCUT2D eigenvalue weighted by Gasteiger charge is 2.21. The van der Waals surface area contributed by atoms with Gasteiger partial charge in [0.05, 0.1) is 0 Å². The molecule has 106 valence electrons. The summed E-state index contributed by atoms with van der Waals surface area (Å²) in [5.41, 5.74) is 1.15. The molecule has 0 bridgehead atoms. The smallest absolute Gasteiger partial charge is 0.195 e. The Morgan fingerprint density at radius 3 is 2.85 bits per heavy atom. The van der Waals surface area contributed by atoms with Crippen LogP contribution in [-0.4, -0.2) is 20.8 Å². The molecule has 1 fully saturated rings. The van der Waals surface area contributed by atoms with E-state index in [1.807, 2.05) is 30.7 Å². The molecule has 3 rings (SSSR count). The number of aryl methyl sites for hydroxylation is 1. The molecule has 1 heterocycles.